The number of piperazine rings is 1. The average Bonchev–Trinajstić information content (AvgIpc) is 2.34. The highest BCUT2D eigenvalue weighted by atomic mass is 15.3. The molecule has 0 radical (unpaired) electrons. The van der Waals surface area contributed by atoms with Gasteiger partial charge in [0, 0.05) is 38.8 Å². The highest BCUT2D eigenvalue weighted by Gasteiger charge is 2.21. The lowest BCUT2D eigenvalue weighted by molar-refractivity contribution is 0.0888. The minimum Gasteiger partial charge on any atom is -0.315 e. The number of likely N-dealkylation sites (N-methyl/N-ethyl adjacent to an activating group) is 1. The molecule has 1 N–H and O–H groups in total. The van der Waals surface area contributed by atoms with Crippen LogP contribution in [0.4, 0.5) is 0 Å². The summed E-state index contributed by atoms with van der Waals surface area (Å²) >= 11 is 0. The van der Waals surface area contributed by atoms with Crippen LogP contribution in [-0.4, -0.2) is 61.7 Å². The molecule has 1 heterocycles. The lowest BCUT2D eigenvalue weighted by atomic mass is 10.2. The van der Waals surface area contributed by atoms with E-state index in [9.17, 15) is 0 Å². The maximum absolute atomic E-state index is 3.55. The van der Waals surface area contributed by atoms with Gasteiger partial charge in [0.25, 0.3) is 0 Å². The van der Waals surface area contributed by atoms with Gasteiger partial charge in [-0.2, -0.15) is 0 Å². The molecule has 3 nitrogen and oxygen atoms in total. The molecule has 0 spiro atoms. The second kappa shape index (κ2) is 8.90. The summed E-state index contributed by atoms with van der Waals surface area (Å²) in [5.74, 6) is 0. The van der Waals surface area contributed by atoms with Gasteiger partial charge in [0.05, 0.1) is 0 Å². The van der Waals surface area contributed by atoms with Gasteiger partial charge in [0.15, 0.2) is 0 Å². The zero-order chi connectivity index (χ0) is 12.5. The monoisotopic (exact) mass is 241 g/mol. The number of nitrogens with zero attached hydrogens (tertiary/aromatic N) is 2. The van der Waals surface area contributed by atoms with Crippen molar-refractivity contribution >= 4 is 0 Å². The quantitative estimate of drug-likeness (QED) is 0.654. The van der Waals surface area contributed by atoms with Crippen LogP contribution in [0.25, 0.3) is 0 Å². The smallest absolute Gasteiger partial charge is 0.0195 e. The average molecular weight is 241 g/mol. The van der Waals surface area contributed by atoms with E-state index in [-0.39, 0.29) is 0 Å². The standard InChI is InChI=1S/C14H31N3/c1-4-6-7-8-15-9-10-16-11-12-17(5-2)14(3)13-16/h14-15H,4-13H2,1-3H3. The van der Waals surface area contributed by atoms with Crippen LogP contribution in [0.5, 0.6) is 0 Å². The Morgan fingerprint density at radius 2 is 1.94 bits per heavy atom. The predicted octanol–water partition coefficient (Wildman–Crippen LogP) is 1.79. The summed E-state index contributed by atoms with van der Waals surface area (Å²) in [5.41, 5.74) is 0. The summed E-state index contributed by atoms with van der Waals surface area (Å²) in [6.07, 6.45) is 4.01. The van der Waals surface area contributed by atoms with Crippen molar-refractivity contribution in [1.29, 1.82) is 0 Å². The third-order valence-corrected chi connectivity index (χ3v) is 3.82. The van der Waals surface area contributed by atoms with Gasteiger partial charge in [-0.15, -0.1) is 0 Å². The van der Waals surface area contributed by atoms with Gasteiger partial charge >= 0.3 is 0 Å². The molecule has 1 saturated heterocycles. The topological polar surface area (TPSA) is 18.5 Å². The van der Waals surface area contributed by atoms with Crippen molar-refractivity contribution in [3.8, 4) is 0 Å². The molecule has 0 amide bonds. The number of rotatable bonds is 8. The summed E-state index contributed by atoms with van der Waals surface area (Å²) in [5, 5.41) is 3.55. The largest absolute Gasteiger partial charge is 0.315 e. The van der Waals surface area contributed by atoms with Crippen LogP contribution in [0.3, 0.4) is 0 Å². The first kappa shape index (κ1) is 14.9. The molecule has 0 aromatic carbocycles. The van der Waals surface area contributed by atoms with E-state index in [0.717, 1.165) is 12.6 Å². The third-order valence-electron chi connectivity index (χ3n) is 3.82. The van der Waals surface area contributed by atoms with Crippen molar-refractivity contribution in [3.05, 3.63) is 0 Å². The molecule has 1 atom stereocenters. The molecule has 1 rings (SSSR count). The maximum atomic E-state index is 3.55. The van der Waals surface area contributed by atoms with Crippen LogP contribution in [0.15, 0.2) is 0 Å². The second-order valence-electron chi connectivity index (χ2n) is 5.24. The lowest BCUT2D eigenvalue weighted by Gasteiger charge is -2.39. The minimum absolute atomic E-state index is 0.730. The lowest BCUT2D eigenvalue weighted by Crippen LogP contribution is -2.52. The van der Waals surface area contributed by atoms with Gasteiger partial charge in [0.1, 0.15) is 0 Å². The molecule has 0 aliphatic carbocycles. The van der Waals surface area contributed by atoms with Gasteiger partial charge in [-0.3, -0.25) is 9.80 Å². The predicted molar refractivity (Wildman–Crippen MR) is 75.5 cm³/mol. The van der Waals surface area contributed by atoms with Crippen molar-refractivity contribution in [3.63, 3.8) is 0 Å². The Morgan fingerprint density at radius 1 is 1.12 bits per heavy atom. The SMILES string of the molecule is CCCCCNCCN1CCN(CC)C(C)C1. The molecular weight excluding hydrogens is 210 g/mol. The summed E-state index contributed by atoms with van der Waals surface area (Å²) in [6, 6.07) is 0.730. The van der Waals surface area contributed by atoms with Crippen LogP contribution in [-0.2, 0) is 0 Å². The molecule has 102 valence electrons. The normalized spacial score (nSPS) is 23.1. The zero-order valence-corrected chi connectivity index (χ0v) is 12.0. The molecule has 0 bridgehead atoms. The van der Waals surface area contributed by atoms with Gasteiger partial charge in [-0.1, -0.05) is 26.7 Å². The molecule has 3 heteroatoms. The van der Waals surface area contributed by atoms with Gasteiger partial charge in [0.2, 0.25) is 0 Å². The van der Waals surface area contributed by atoms with Crippen LogP contribution in [0, 0.1) is 0 Å². The van der Waals surface area contributed by atoms with E-state index in [1.807, 2.05) is 0 Å². The fraction of sp³-hybridized carbons (Fsp3) is 1.00. The Labute approximate surface area is 108 Å². The first-order valence-electron chi connectivity index (χ1n) is 7.45. The van der Waals surface area contributed by atoms with E-state index in [1.54, 1.807) is 0 Å². The third kappa shape index (κ3) is 5.84. The Hall–Kier alpha value is -0.120. The Balaban J connectivity index is 2.01. The Morgan fingerprint density at radius 3 is 2.59 bits per heavy atom. The molecular formula is C14H31N3. The first-order valence-corrected chi connectivity index (χ1v) is 7.45. The van der Waals surface area contributed by atoms with E-state index < -0.39 is 0 Å². The summed E-state index contributed by atoms with van der Waals surface area (Å²) in [6.45, 7) is 15.4. The highest BCUT2D eigenvalue weighted by molar-refractivity contribution is 4.78. The number of hydrogen-bond acceptors (Lipinski definition) is 3. The van der Waals surface area contributed by atoms with Crippen LogP contribution in [0.1, 0.15) is 40.0 Å². The zero-order valence-electron chi connectivity index (χ0n) is 12.0. The van der Waals surface area contributed by atoms with E-state index in [2.05, 4.69) is 35.9 Å². The number of unbranched alkanes of at least 4 members (excludes halogenated alkanes) is 2. The Kier molecular flexibility index (Phi) is 7.82. The fourth-order valence-electron chi connectivity index (χ4n) is 2.61. The molecule has 1 unspecified atom stereocenters. The summed E-state index contributed by atoms with van der Waals surface area (Å²) < 4.78 is 0. The number of hydrogen-bond donors (Lipinski definition) is 1. The first-order chi connectivity index (χ1) is 8.27. The van der Waals surface area contributed by atoms with Crippen LogP contribution in [0.2, 0.25) is 0 Å². The van der Waals surface area contributed by atoms with Crippen molar-refractivity contribution in [2.75, 3.05) is 45.8 Å². The van der Waals surface area contributed by atoms with E-state index >= 15 is 0 Å². The van der Waals surface area contributed by atoms with Gasteiger partial charge in [-0.25, -0.2) is 0 Å². The highest BCUT2D eigenvalue weighted by Crippen LogP contribution is 2.07. The van der Waals surface area contributed by atoms with E-state index in [0.29, 0.717) is 0 Å². The molecule has 0 aromatic rings. The minimum atomic E-state index is 0.730. The maximum Gasteiger partial charge on any atom is 0.0195 e. The van der Waals surface area contributed by atoms with Gasteiger partial charge in [-0.05, 0) is 26.4 Å². The van der Waals surface area contributed by atoms with E-state index in [1.165, 1.54) is 58.5 Å². The summed E-state index contributed by atoms with van der Waals surface area (Å²) in [7, 11) is 0. The molecule has 1 fully saturated rings. The molecule has 0 aromatic heterocycles. The van der Waals surface area contributed by atoms with Crippen molar-refractivity contribution in [2.45, 2.75) is 46.1 Å². The fourth-order valence-corrected chi connectivity index (χ4v) is 2.61. The van der Waals surface area contributed by atoms with Crippen LogP contribution < -0.4 is 5.32 Å². The van der Waals surface area contributed by atoms with Crippen molar-refractivity contribution in [2.24, 2.45) is 0 Å². The van der Waals surface area contributed by atoms with E-state index in [4.69, 9.17) is 0 Å². The molecule has 1 aliphatic heterocycles. The molecule has 17 heavy (non-hydrogen) atoms. The molecule has 0 saturated carbocycles. The second-order valence-corrected chi connectivity index (χ2v) is 5.24. The van der Waals surface area contributed by atoms with Crippen molar-refractivity contribution in [1.82, 2.24) is 15.1 Å². The van der Waals surface area contributed by atoms with Crippen molar-refractivity contribution < 1.29 is 0 Å². The molecule has 1 aliphatic rings. The van der Waals surface area contributed by atoms with Gasteiger partial charge < -0.3 is 5.32 Å². The Bertz CT molecular complexity index is 184. The number of nitrogens with one attached hydrogen (secondary N) is 1. The summed E-state index contributed by atoms with van der Waals surface area (Å²) in [4.78, 5) is 5.18. The van der Waals surface area contributed by atoms with Crippen LogP contribution >= 0.6 is 0 Å².